The number of fused-ring (bicyclic) bond motifs is 1. The highest BCUT2D eigenvalue weighted by Gasteiger charge is 2.40. The molecule has 2 aliphatic heterocycles. The minimum atomic E-state index is -1.17. The Hall–Kier alpha value is -2.28. The molecule has 2 aromatic rings. The molecule has 0 amide bonds. The number of aryl methyl sites for hydroxylation is 1. The van der Waals surface area contributed by atoms with Crippen LogP contribution in [0.3, 0.4) is 0 Å². The Morgan fingerprint density at radius 1 is 1.31 bits per heavy atom. The number of nitrogens with one attached hydrogen (secondary N) is 1. The predicted octanol–water partition coefficient (Wildman–Crippen LogP) is 2.77. The lowest BCUT2D eigenvalue weighted by molar-refractivity contribution is 0.144. The summed E-state index contributed by atoms with van der Waals surface area (Å²) in [5.74, 6) is 1.31. The maximum Gasteiger partial charge on any atom is 0.225 e. The molecular weight excluding hydrogens is 448 g/mol. The second kappa shape index (κ2) is 8.58. The number of rotatable bonds is 5. The van der Waals surface area contributed by atoms with E-state index < -0.39 is 16.3 Å². The van der Waals surface area contributed by atoms with Crippen LogP contribution in [0.15, 0.2) is 17.3 Å². The van der Waals surface area contributed by atoms with Gasteiger partial charge in [0.15, 0.2) is 0 Å². The number of aliphatic hydroxyl groups is 1. The second-order valence-electron chi connectivity index (χ2n) is 8.81. The Morgan fingerprint density at radius 3 is 2.62 bits per heavy atom. The molecule has 168 valence electrons. The summed E-state index contributed by atoms with van der Waals surface area (Å²) < 4.78 is 12.8. The fourth-order valence-corrected chi connectivity index (χ4v) is 6.36. The van der Waals surface area contributed by atoms with Gasteiger partial charge in [0.1, 0.15) is 6.07 Å². The van der Waals surface area contributed by atoms with E-state index in [-0.39, 0.29) is 12.5 Å². The first-order chi connectivity index (χ1) is 15.5. The Bertz CT molecular complexity index is 1090. The van der Waals surface area contributed by atoms with Crippen LogP contribution in [0, 0.1) is 11.3 Å². The van der Waals surface area contributed by atoms with Crippen LogP contribution in [0.1, 0.15) is 55.0 Å². The van der Waals surface area contributed by atoms with Crippen LogP contribution in [0.5, 0.6) is 0 Å². The molecule has 0 unspecified atom stereocenters. The van der Waals surface area contributed by atoms with Gasteiger partial charge in [-0.05, 0) is 32.1 Å². The Morgan fingerprint density at radius 2 is 2.03 bits per heavy atom. The molecule has 3 aliphatic rings. The second-order valence-corrected chi connectivity index (χ2v) is 10.8. The minimum absolute atomic E-state index is 0.00356. The number of aromatic nitrogens is 3. The summed E-state index contributed by atoms with van der Waals surface area (Å²) in [6.07, 6.45) is 8.20. The Balaban J connectivity index is 1.46. The third-order valence-electron chi connectivity index (χ3n) is 6.89. The number of nitrogens with zero attached hydrogens (tertiary/aromatic N) is 5. The van der Waals surface area contributed by atoms with Crippen molar-refractivity contribution in [3.63, 3.8) is 0 Å². The van der Waals surface area contributed by atoms with Gasteiger partial charge in [-0.1, -0.05) is 11.6 Å². The van der Waals surface area contributed by atoms with Gasteiger partial charge in [-0.3, -0.25) is 9.19 Å². The fourth-order valence-electron chi connectivity index (χ4n) is 4.88. The quantitative estimate of drug-likeness (QED) is 0.682. The molecule has 0 spiro atoms. The molecule has 2 N–H and O–H groups in total. The van der Waals surface area contributed by atoms with E-state index in [4.69, 9.17) is 16.6 Å². The van der Waals surface area contributed by atoms with Crippen LogP contribution in [0.4, 0.5) is 11.6 Å². The number of hydrogen-bond acceptors (Lipinski definition) is 8. The van der Waals surface area contributed by atoms with Crippen molar-refractivity contribution in [2.75, 3.05) is 35.7 Å². The van der Waals surface area contributed by atoms with Crippen LogP contribution in [0.25, 0.3) is 0 Å². The molecule has 8 nitrogen and oxygen atoms in total. The van der Waals surface area contributed by atoms with E-state index in [1.165, 1.54) is 0 Å². The molecule has 4 heterocycles. The zero-order valence-electron chi connectivity index (χ0n) is 17.7. The van der Waals surface area contributed by atoms with Crippen LogP contribution in [-0.4, -0.2) is 55.3 Å². The highest BCUT2D eigenvalue weighted by atomic mass is 35.5. The highest BCUT2D eigenvalue weighted by Crippen LogP contribution is 2.43. The maximum absolute atomic E-state index is 12.8. The summed E-state index contributed by atoms with van der Waals surface area (Å²) in [4.78, 5) is 16.3. The third kappa shape index (κ3) is 3.74. The molecular formula is C22H25ClN6O2S. The van der Waals surface area contributed by atoms with E-state index in [0.29, 0.717) is 39.3 Å². The number of hydrogen-bond donors (Lipinski definition) is 2. The van der Waals surface area contributed by atoms with Crippen molar-refractivity contribution in [1.29, 1.82) is 5.26 Å². The molecule has 0 bridgehead atoms. The molecule has 0 aromatic carbocycles. The van der Waals surface area contributed by atoms with Gasteiger partial charge in [-0.2, -0.15) is 5.26 Å². The van der Waals surface area contributed by atoms with E-state index in [2.05, 4.69) is 26.3 Å². The summed E-state index contributed by atoms with van der Waals surface area (Å²) in [6, 6.07) is 2.36. The van der Waals surface area contributed by atoms with Crippen molar-refractivity contribution in [3.05, 3.63) is 34.4 Å². The van der Waals surface area contributed by atoms with E-state index in [1.807, 2.05) is 0 Å². The first-order valence-electron chi connectivity index (χ1n) is 11.0. The zero-order valence-corrected chi connectivity index (χ0v) is 19.3. The number of nitriles is 1. The number of aliphatic hydroxyl groups excluding tert-OH is 1. The first kappa shape index (κ1) is 21.6. The van der Waals surface area contributed by atoms with Crippen LogP contribution < -0.4 is 10.2 Å². The van der Waals surface area contributed by atoms with Gasteiger partial charge in [-0.15, -0.1) is 0 Å². The van der Waals surface area contributed by atoms with Crippen molar-refractivity contribution in [1.82, 2.24) is 15.0 Å². The lowest BCUT2D eigenvalue weighted by atomic mass is 9.77. The fraction of sp³-hybridized carbons (Fsp3) is 0.545. The van der Waals surface area contributed by atoms with Crippen molar-refractivity contribution in [2.24, 2.45) is 0 Å². The summed E-state index contributed by atoms with van der Waals surface area (Å²) in [7, 11) is -1.17. The molecule has 32 heavy (non-hydrogen) atoms. The van der Waals surface area contributed by atoms with Gasteiger partial charge in [0.2, 0.25) is 5.95 Å². The van der Waals surface area contributed by atoms with Crippen LogP contribution in [0.2, 0.25) is 5.02 Å². The van der Waals surface area contributed by atoms with Crippen LogP contribution in [-0.2, 0) is 17.2 Å². The van der Waals surface area contributed by atoms with Crippen LogP contribution >= 0.6 is 11.6 Å². The standard InChI is InChI=1S/C22H25ClN6O2S/c23-15-11-25-21(26-12-15)29-7-2-14(3-8-29)18-16(10-24)19(28-22(13-30)5-1-6-22)20-17(27-18)4-9-32(20)31/h11-12,14,30H,1-9,13H2,(H,27,28)/t32-/m0/s1. The number of pyridine rings is 1. The monoisotopic (exact) mass is 472 g/mol. The van der Waals surface area contributed by atoms with Crippen molar-refractivity contribution in [2.45, 2.75) is 54.9 Å². The third-order valence-corrected chi connectivity index (χ3v) is 8.55. The number of halogens is 1. The molecule has 1 saturated carbocycles. The highest BCUT2D eigenvalue weighted by molar-refractivity contribution is 7.85. The summed E-state index contributed by atoms with van der Waals surface area (Å²) >= 11 is 5.90. The zero-order chi connectivity index (χ0) is 22.3. The van der Waals surface area contributed by atoms with E-state index >= 15 is 0 Å². The minimum Gasteiger partial charge on any atom is -0.394 e. The van der Waals surface area contributed by atoms with Gasteiger partial charge in [0.05, 0.1) is 67.9 Å². The van der Waals surface area contributed by atoms with Gasteiger partial charge >= 0.3 is 0 Å². The van der Waals surface area contributed by atoms with Gasteiger partial charge in [0, 0.05) is 31.2 Å². The lowest BCUT2D eigenvalue weighted by Gasteiger charge is -2.42. The Labute approximate surface area is 194 Å². The maximum atomic E-state index is 12.8. The molecule has 1 aliphatic carbocycles. The van der Waals surface area contributed by atoms with Crippen molar-refractivity contribution in [3.8, 4) is 6.07 Å². The lowest BCUT2D eigenvalue weighted by Crippen LogP contribution is -2.48. The molecule has 1 saturated heterocycles. The Kier molecular flexibility index (Phi) is 5.78. The topological polar surface area (TPSA) is 115 Å². The normalized spacial score (nSPS) is 22.2. The molecule has 0 radical (unpaired) electrons. The number of anilines is 2. The summed E-state index contributed by atoms with van der Waals surface area (Å²) in [5, 5.41) is 24.1. The van der Waals surface area contributed by atoms with Gasteiger partial charge < -0.3 is 15.3 Å². The molecule has 1 atom stereocenters. The first-order valence-corrected chi connectivity index (χ1v) is 12.7. The molecule has 10 heteroatoms. The molecule has 5 rings (SSSR count). The molecule has 2 aromatic heterocycles. The predicted molar refractivity (Wildman–Crippen MR) is 122 cm³/mol. The van der Waals surface area contributed by atoms with E-state index in [9.17, 15) is 14.6 Å². The van der Waals surface area contributed by atoms with Crippen molar-refractivity contribution >= 4 is 34.0 Å². The smallest absolute Gasteiger partial charge is 0.225 e. The van der Waals surface area contributed by atoms with Gasteiger partial charge in [0.25, 0.3) is 0 Å². The van der Waals surface area contributed by atoms with Crippen molar-refractivity contribution < 1.29 is 9.32 Å². The SMILES string of the molecule is N#Cc1c(C2CCN(c3ncc(Cl)cn3)CC2)nc2c(c1NC1(CO)CCC1)[S@@](=O)CC2. The summed E-state index contributed by atoms with van der Waals surface area (Å²) in [6.45, 7) is 1.51. The molecule has 2 fully saturated rings. The van der Waals surface area contributed by atoms with E-state index in [1.54, 1.807) is 12.4 Å². The average molecular weight is 473 g/mol. The number of piperidine rings is 1. The largest absolute Gasteiger partial charge is 0.394 e. The average Bonchev–Trinajstić information content (AvgIpc) is 3.17. The van der Waals surface area contributed by atoms with E-state index in [0.717, 1.165) is 56.6 Å². The summed E-state index contributed by atoms with van der Waals surface area (Å²) in [5.41, 5.74) is 2.31. The van der Waals surface area contributed by atoms with Gasteiger partial charge in [-0.25, -0.2) is 9.97 Å².